The quantitative estimate of drug-likeness (QED) is 0.705. The number of ether oxygens (including phenoxy) is 1. The Morgan fingerprint density at radius 3 is 2.12 bits per heavy atom. The van der Waals surface area contributed by atoms with Crippen molar-refractivity contribution in [2.24, 2.45) is 11.8 Å². The second kappa shape index (κ2) is 9.72. The molecule has 146 valence electrons. The van der Waals surface area contributed by atoms with Crippen molar-refractivity contribution in [3.8, 4) is 0 Å². The predicted molar refractivity (Wildman–Crippen MR) is 105 cm³/mol. The van der Waals surface area contributed by atoms with Crippen LogP contribution in [0.5, 0.6) is 0 Å². The topological polar surface area (TPSA) is 49.9 Å². The van der Waals surface area contributed by atoms with Gasteiger partial charge >= 0.3 is 6.09 Å². The molecule has 1 amide bonds. The van der Waals surface area contributed by atoms with Gasteiger partial charge in [0.25, 0.3) is 0 Å². The molecule has 0 spiro atoms. The molecule has 0 aromatic heterocycles. The van der Waals surface area contributed by atoms with Crippen LogP contribution in [0.1, 0.15) is 40.2 Å². The van der Waals surface area contributed by atoms with Crippen LogP contribution in [-0.4, -0.2) is 54.5 Å². The number of nitrogens with zero attached hydrogens (tertiary/aromatic N) is 2. The Morgan fingerprint density at radius 2 is 1.62 bits per heavy atom. The second-order valence-corrected chi connectivity index (χ2v) is 8.30. The lowest BCUT2D eigenvalue weighted by atomic mass is 9.94. The summed E-state index contributed by atoms with van der Waals surface area (Å²) in [6, 6.07) is 10.2. The summed E-state index contributed by atoms with van der Waals surface area (Å²) in [5.41, 5.74) is 0.652. The average molecular weight is 363 g/mol. The van der Waals surface area contributed by atoms with Crippen LogP contribution in [0.4, 0.5) is 4.79 Å². The molecule has 0 N–H and O–H groups in total. The number of amides is 1. The maximum absolute atomic E-state index is 12.7. The van der Waals surface area contributed by atoms with Crippen molar-refractivity contribution < 1.29 is 14.3 Å². The van der Waals surface area contributed by atoms with E-state index in [9.17, 15) is 9.59 Å². The summed E-state index contributed by atoms with van der Waals surface area (Å²) in [6.45, 7) is 11.0. The largest absolute Gasteiger partial charge is 0.444 e. The Bertz CT molecular complexity index is 579. The van der Waals surface area contributed by atoms with Gasteiger partial charge in [-0.05, 0) is 33.4 Å². The van der Waals surface area contributed by atoms with E-state index in [4.69, 9.17) is 4.74 Å². The van der Waals surface area contributed by atoms with Crippen molar-refractivity contribution in [2.75, 3.05) is 27.2 Å². The molecule has 0 fully saturated rings. The Kier molecular flexibility index (Phi) is 8.28. The molecular weight excluding hydrogens is 328 g/mol. The van der Waals surface area contributed by atoms with Gasteiger partial charge in [0.15, 0.2) is 0 Å². The lowest BCUT2D eigenvalue weighted by molar-refractivity contribution is -0.126. The summed E-state index contributed by atoms with van der Waals surface area (Å²) in [6.07, 6.45) is -0.398. The molecule has 0 aliphatic heterocycles. The van der Waals surface area contributed by atoms with Crippen LogP contribution in [0, 0.1) is 11.8 Å². The van der Waals surface area contributed by atoms with Crippen LogP contribution in [-0.2, 0) is 16.1 Å². The zero-order chi connectivity index (χ0) is 19.9. The molecule has 0 heterocycles. The number of carbonyl (C=O) groups is 2. The minimum atomic E-state index is -0.549. The summed E-state index contributed by atoms with van der Waals surface area (Å²) in [7, 11) is 3.69. The Hall–Kier alpha value is -1.88. The lowest BCUT2D eigenvalue weighted by Gasteiger charge is -2.30. The van der Waals surface area contributed by atoms with E-state index in [2.05, 4.69) is 17.0 Å². The summed E-state index contributed by atoms with van der Waals surface area (Å²) in [5, 5.41) is 0. The van der Waals surface area contributed by atoms with Gasteiger partial charge in [-0.3, -0.25) is 4.79 Å². The van der Waals surface area contributed by atoms with Crippen molar-refractivity contribution in [1.82, 2.24) is 9.80 Å². The smallest absolute Gasteiger partial charge is 0.410 e. The van der Waals surface area contributed by atoms with E-state index in [1.165, 1.54) is 10.5 Å². The number of hydrogen-bond acceptors (Lipinski definition) is 4. The van der Waals surface area contributed by atoms with Crippen molar-refractivity contribution in [1.29, 1.82) is 0 Å². The van der Waals surface area contributed by atoms with Gasteiger partial charge in [0.2, 0.25) is 0 Å². The zero-order valence-electron chi connectivity index (χ0n) is 17.3. The van der Waals surface area contributed by atoms with Gasteiger partial charge in [-0.1, -0.05) is 44.2 Å². The van der Waals surface area contributed by atoms with E-state index < -0.39 is 11.7 Å². The molecule has 0 aliphatic carbocycles. The molecule has 1 unspecified atom stereocenters. The summed E-state index contributed by atoms with van der Waals surface area (Å²) in [5.74, 6) is -0.154. The highest BCUT2D eigenvalue weighted by molar-refractivity contribution is 5.83. The fraction of sp³-hybridized carbons (Fsp3) is 0.619. The molecule has 0 bridgehead atoms. The number of rotatable bonds is 8. The maximum Gasteiger partial charge on any atom is 0.410 e. The van der Waals surface area contributed by atoms with E-state index in [0.717, 1.165) is 6.54 Å². The SMILES string of the molecule is CC(C)C(=O)C(CN(C)Cc1ccccc1)CN(C)C(=O)OC(C)(C)C. The highest BCUT2D eigenvalue weighted by Crippen LogP contribution is 2.15. The third-order valence-electron chi connectivity index (χ3n) is 4.00. The molecule has 0 radical (unpaired) electrons. The van der Waals surface area contributed by atoms with Gasteiger partial charge in [0.1, 0.15) is 11.4 Å². The first-order chi connectivity index (χ1) is 12.0. The second-order valence-electron chi connectivity index (χ2n) is 8.30. The predicted octanol–water partition coefficient (Wildman–Crippen LogP) is 3.83. The van der Waals surface area contributed by atoms with Crippen molar-refractivity contribution in [3.63, 3.8) is 0 Å². The Morgan fingerprint density at radius 1 is 1.04 bits per heavy atom. The number of Topliss-reactive ketones (excluding diaryl/α,β-unsaturated/α-hetero) is 1. The van der Waals surface area contributed by atoms with Crippen molar-refractivity contribution in [2.45, 2.75) is 46.8 Å². The third-order valence-corrected chi connectivity index (χ3v) is 4.00. The third kappa shape index (κ3) is 8.00. The average Bonchev–Trinajstić information content (AvgIpc) is 2.52. The standard InChI is InChI=1S/C21H34N2O3/c1-16(2)19(24)18(15-23(7)20(25)26-21(3,4)5)14-22(6)13-17-11-9-8-10-12-17/h8-12,16,18H,13-15H2,1-7H3. The van der Waals surface area contributed by atoms with Gasteiger partial charge < -0.3 is 14.5 Å². The Labute approximate surface area is 158 Å². The number of ketones is 1. The van der Waals surface area contributed by atoms with Crippen LogP contribution in [0.3, 0.4) is 0 Å². The fourth-order valence-corrected chi connectivity index (χ4v) is 2.79. The molecular formula is C21H34N2O3. The van der Waals surface area contributed by atoms with Gasteiger partial charge in [-0.15, -0.1) is 0 Å². The fourth-order valence-electron chi connectivity index (χ4n) is 2.79. The molecule has 0 saturated heterocycles. The van der Waals surface area contributed by atoms with Crippen molar-refractivity contribution >= 4 is 11.9 Å². The monoisotopic (exact) mass is 362 g/mol. The highest BCUT2D eigenvalue weighted by atomic mass is 16.6. The molecule has 5 heteroatoms. The number of carbonyl (C=O) groups excluding carboxylic acids is 2. The first kappa shape index (κ1) is 22.2. The van der Waals surface area contributed by atoms with Gasteiger partial charge in [0, 0.05) is 38.5 Å². The van der Waals surface area contributed by atoms with Gasteiger partial charge in [-0.2, -0.15) is 0 Å². The van der Waals surface area contributed by atoms with Crippen LogP contribution in [0.15, 0.2) is 30.3 Å². The van der Waals surface area contributed by atoms with Crippen LogP contribution >= 0.6 is 0 Å². The molecule has 26 heavy (non-hydrogen) atoms. The molecule has 0 saturated carbocycles. The van der Waals surface area contributed by atoms with Gasteiger partial charge in [-0.25, -0.2) is 4.79 Å². The normalized spacial score (nSPS) is 13.0. The first-order valence-electron chi connectivity index (χ1n) is 9.20. The van der Waals surface area contributed by atoms with E-state index in [0.29, 0.717) is 13.1 Å². The molecule has 1 rings (SSSR count). The lowest BCUT2D eigenvalue weighted by Crippen LogP contribution is -2.43. The molecule has 1 aromatic rings. The molecule has 1 atom stereocenters. The van der Waals surface area contributed by atoms with E-state index >= 15 is 0 Å². The summed E-state index contributed by atoms with van der Waals surface area (Å²) in [4.78, 5) is 28.5. The van der Waals surface area contributed by atoms with Crippen LogP contribution in [0.25, 0.3) is 0 Å². The Balaban J connectivity index is 2.75. The highest BCUT2D eigenvalue weighted by Gasteiger charge is 2.27. The van der Waals surface area contributed by atoms with Crippen LogP contribution in [0.2, 0.25) is 0 Å². The summed E-state index contributed by atoms with van der Waals surface area (Å²) < 4.78 is 5.40. The molecule has 0 aliphatic rings. The minimum absolute atomic E-state index is 0.0721. The minimum Gasteiger partial charge on any atom is -0.444 e. The first-order valence-corrected chi connectivity index (χ1v) is 9.20. The molecule has 5 nitrogen and oxygen atoms in total. The molecule has 1 aromatic carbocycles. The van der Waals surface area contributed by atoms with E-state index in [-0.39, 0.29) is 17.6 Å². The maximum atomic E-state index is 12.7. The van der Waals surface area contributed by atoms with Crippen molar-refractivity contribution in [3.05, 3.63) is 35.9 Å². The van der Waals surface area contributed by atoms with Crippen LogP contribution < -0.4 is 0 Å². The van der Waals surface area contributed by atoms with Gasteiger partial charge in [0.05, 0.1) is 0 Å². The number of hydrogen-bond donors (Lipinski definition) is 0. The number of benzene rings is 1. The van der Waals surface area contributed by atoms with E-state index in [1.807, 2.05) is 59.9 Å². The van der Waals surface area contributed by atoms with E-state index in [1.54, 1.807) is 7.05 Å². The summed E-state index contributed by atoms with van der Waals surface area (Å²) >= 11 is 0. The zero-order valence-corrected chi connectivity index (χ0v) is 17.3.